The Morgan fingerprint density at radius 2 is 1.95 bits per heavy atom. The van der Waals surface area contributed by atoms with E-state index in [2.05, 4.69) is 24.1 Å². The molecule has 0 aliphatic carbocycles. The molecule has 0 saturated carbocycles. The van der Waals surface area contributed by atoms with Gasteiger partial charge in [-0.3, -0.25) is 4.90 Å². The molecule has 21 heavy (non-hydrogen) atoms. The van der Waals surface area contributed by atoms with Crippen molar-refractivity contribution >= 4 is 12.4 Å². The molecule has 1 atom stereocenters. The molecule has 1 fully saturated rings. The van der Waals surface area contributed by atoms with Crippen LogP contribution in [-0.2, 0) is 0 Å². The molecule has 1 aliphatic heterocycles. The summed E-state index contributed by atoms with van der Waals surface area (Å²) < 4.78 is 13.5. The van der Waals surface area contributed by atoms with Gasteiger partial charge >= 0.3 is 0 Å². The highest BCUT2D eigenvalue weighted by molar-refractivity contribution is 5.85. The number of aliphatic hydroxyl groups excluding tert-OH is 1. The lowest BCUT2D eigenvalue weighted by Crippen LogP contribution is -2.49. The normalized spacial score (nSPS) is 18.1. The summed E-state index contributed by atoms with van der Waals surface area (Å²) in [5, 5.41) is 13.1. The molecular formula is C16H26ClFN2O. The molecule has 1 aromatic carbocycles. The first-order valence-electron chi connectivity index (χ1n) is 7.27. The highest BCUT2D eigenvalue weighted by Gasteiger charge is 2.35. The van der Waals surface area contributed by atoms with Gasteiger partial charge < -0.3 is 10.4 Å². The Bertz CT molecular complexity index is 462. The monoisotopic (exact) mass is 316 g/mol. The van der Waals surface area contributed by atoms with Crippen LogP contribution in [0.5, 0.6) is 0 Å². The number of halogens is 2. The highest BCUT2D eigenvalue weighted by Crippen LogP contribution is 2.38. The molecular weight excluding hydrogens is 291 g/mol. The van der Waals surface area contributed by atoms with E-state index in [1.165, 1.54) is 6.07 Å². The molecule has 3 nitrogen and oxygen atoms in total. The lowest BCUT2D eigenvalue weighted by atomic mass is 9.79. The van der Waals surface area contributed by atoms with E-state index in [-0.39, 0.29) is 36.3 Å². The molecule has 120 valence electrons. The van der Waals surface area contributed by atoms with E-state index in [1.807, 2.05) is 12.1 Å². The predicted molar refractivity (Wildman–Crippen MR) is 86.4 cm³/mol. The van der Waals surface area contributed by atoms with Crippen LogP contribution in [0.1, 0.15) is 31.0 Å². The van der Waals surface area contributed by atoms with Crippen LogP contribution in [0.15, 0.2) is 18.2 Å². The van der Waals surface area contributed by atoms with Gasteiger partial charge in [0.1, 0.15) is 5.82 Å². The average Bonchev–Trinajstić information content (AvgIpc) is 2.44. The number of nitrogens with one attached hydrogen (secondary N) is 1. The second-order valence-corrected chi connectivity index (χ2v) is 6.34. The van der Waals surface area contributed by atoms with Crippen molar-refractivity contribution in [1.82, 2.24) is 10.2 Å². The van der Waals surface area contributed by atoms with Crippen molar-refractivity contribution in [3.05, 3.63) is 35.1 Å². The van der Waals surface area contributed by atoms with Crippen molar-refractivity contribution < 1.29 is 9.50 Å². The highest BCUT2D eigenvalue weighted by atomic mass is 35.5. The fourth-order valence-corrected chi connectivity index (χ4v) is 3.02. The van der Waals surface area contributed by atoms with Crippen LogP contribution in [0.4, 0.5) is 4.39 Å². The lowest BCUT2D eigenvalue weighted by molar-refractivity contribution is 0.0304. The maximum Gasteiger partial charge on any atom is 0.126 e. The number of piperazine rings is 1. The summed E-state index contributed by atoms with van der Waals surface area (Å²) in [6, 6.07) is 5.41. The number of hydrogen-bond donors (Lipinski definition) is 2. The second kappa shape index (κ2) is 7.54. The fourth-order valence-electron chi connectivity index (χ4n) is 3.02. The molecule has 1 saturated heterocycles. The summed E-state index contributed by atoms with van der Waals surface area (Å²) in [5.74, 6) is -0.172. The zero-order chi connectivity index (χ0) is 14.8. The molecule has 2 rings (SSSR count). The minimum atomic E-state index is -0.262. The van der Waals surface area contributed by atoms with Crippen molar-refractivity contribution in [2.75, 3.05) is 32.8 Å². The quantitative estimate of drug-likeness (QED) is 0.896. The third-order valence-corrected chi connectivity index (χ3v) is 4.16. The Morgan fingerprint density at radius 1 is 1.33 bits per heavy atom. The third kappa shape index (κ3) is 4.16. The van der Waals surface area contributed by atoms with Crippen LogP contribution in [0.2, 0.25) is 0 Å². The third-order valence-electron chi connectivity index (χ3n) is 4.16. The first kappa shape index (κ1) is 18.4. The standard InChI is InChI=1S/C16H25FN2O.ClH/c1-12-10-13(4-5-14(12)17)15(16(2,3)11-20)19-8-6-18-7-9-19;/h4-5,10,15,18,20H,6-9,11H2,1-3H3;1H/t15-;/m0./s1. The van der Waals surface area contributed by atoms with Gasteiger partial charge in [-0.15, -0.1) is 12.4 Å². The molecule has 0 radical (unpaired) electrons. The van der Waals surface area contributed by atoms with E-state index in [0.717, 1.165) is 31.7 Å². The molecule has 0 bridgehead atoms. The average molecular weight is 317 g/mol. The minimum Gasteiger partial charge on any atom is -0.396 e. The summed E-state index contributed by atoms with van der Waals surface area (Å²) in [5.41, 5.74) is 1.49. The zero-order valence-corrected chi connectivity index (χ0v) is 13.8. The number of nitrogens with zero attached hydrogens (tertiary/aromatic N) is 1. The number of hydrogen-bond acceptors (Lipinski definition) is 3. The van der Waals surface area contributed by atoms with Crippen molar-refractivity contribution in [3.8, 4) is 0 Å². The summed E-state index contributed by atoms with van der Waals surface area (Å²) >= 11 is 0. The van der Waals surface area contributed by atoms with Crippen molar-refractivity contribution in [1.29, 1.82) is 0 Å². The van der Waals surface area contributed by atoms with Crippen LogP contribution < -0.4 is 5.32 Å². The molecule has 0 amide bonds. The van der Waals surface area contributed by atoms with Crippen molar-refractivity contribution in [3.63, 3.8) is 0 Å². The van der Waals surface area contributed by atoms with E-state index >= 15 is 0 Å². The van der Waals surface area contributed by atoms with Gasteiger partial charge in [0.25, 0.3) is 0 Å². The minimum absolute atomic E-state index is 0. The molecule has 0 unspecified atom stereocenters. The number of rotatable bonds is 4. The van der Waals surface area contributed by atoms with Crippen LogP contribution in [-0.4, -0.2) is 42.8 Å². The predicted octanol–water partition coefficient (Wildman–Crippen LogP) is 2.52. The van der Waals surface area contributed by atoms with Gasteiger partial charge in [0, 0.05) is 44.2 Å². The van der Waals surface area contributed by atoms with Crippen molar-refractivity contribution in [2.45, 2.75) is 26.8 Å². The van der Waals surface area contributed by atoms with Crippen LogP contribution in [0.25, 0.3) is 0 Å². The maximum absolute atomic E-state index is 13.5. The van der Waals surface area contributed by atoms with Gasteiger partial charge in [-0.25, -0.2) is 4.39 Å². The van der Waals surface area contributed by atoms with Crippen LogP contribution >= 0.6 is 12.4 Å². The van der Waals surface area contributed by atoms with E-state index in [0.29, 0.717) is 5.56 Å². The Hall–Kier alpha value is -0.680. The van der Waals surface area contributed by atoms with Crippen LogP contribution in [0.3, 0.4) is 0 Å². The Kier molecular flexibility index (Phi) is 6.60. The smallest absolute Gasteiger partial charge is 0.126 e. The van der Waals surface area contributed by atoms with E-state index in [1.54, 1.807) is 6.92 Å². The van der Waals surface area contributed by atoms with Crippen LogP contribution in [0, 0.1) is 18.2 Å². The number of aryl methyl sites for hydroxylation is 1. The van der Waals surface area contributed by atoms with E-state index in [9.17, 15) is 9.50 Å². The first-order valence-corrected chi connectivity index (χ1v) is 7.27. The lowest BCUT2D eigenvalue weighted by Gasteiger charge is -2.43. The molecule has 2 N–H and O–H groups in total. The SMILES string of the molecule is Cc1cc([C@H](N2CCNCC2)C(C)(C)CO)ccc1F.Cl. The summed E-state index contributed by atoms with van der Waals surface area (Å²) in [4.78, 5) is 2.39. The molecule has 1 heterocycles. The van der Waals surface area contributed by atoms with Gasteiger partial charge in [0.05, 0.1) is 0 Å². The zero-order valence-electron chi connectivity index (χ0n) is 13.0. The topological polar surface area (TPSA) is 35.5 Å². The first-order chi connectivity index (χ1) is 9.45. The molecule has 1 aromatic rings. The Labute approximate surface area is 132 Å². The number of aliphatic hydroxyl groups is 1. The second-order valence-electron chi connectivity index (χ2n) is 6.34. The summed E-state index contributed by atoms with van der Waals surface area (Å²) in [6.07, 6.45) is 0. The molecule has 1 aliphatic rings. The summed E-state index contributed by atoms with van der Waals surface area (Å²) in [6.45, 7) is 9.85. The van der Waals surface area contributed by atoms with Gasteiger partial charge in [-0.2, -0.15) is 0 Å². The Morgan fingerprint density at radius 3 is 2.48 bits per heavy atom. The molecule has 5 heteroatoms. The van der Waals surface area contributed by atoms with E-state index in [4.69, 9.17) is 0 Å². The maximum atomic E-state index is 13.5. The fraction of sp³-hybridized carbons (Fsp3) is 0.625. The van der Waals surface area contributed by atoms with Crippen molar-refractivity contribution in [2.24, 2.45) is 5.41 Å². The van der Waals surface area contributed by atoms with Gasteiger partial charge in [0.2, 0.25) is 0 Å². The number of benzene rings is 1. The van der Waals surface area contributed by atoms with Gasteiger partial charge in [0.15, 0.2) is 0 Å². The van der Waals surface area contributed by atoms with Gasteiger partial charge in [-0.05, 0) is 24.1 Å². The Balaban J connectivity index is 0.00000220. The van der Waals surface area contributed by atoms with Gasteiger partial charge in [-0.1, -0.05) is 26.0 Å². The van der Waals surface area contributed by atoms with E-state index < -0.39 is 0 Å². The summed E-state index contributed by atoms with van der Waals surface area (Å²) in [7, 11) is 0. The molecule has 0 spiro atoms. The molecule has 0 aromatic heterocycles. The largest absolute Gasteiger partial charge is 0.396 e.